The molecule has 0 bridgehead atoms. The lowest BCUT2D eigenvalue weighted by atomic mass is 9.92. The summed E-state index contributed by atoms with van der Waals surface area (Å²) >= 11 is 0. The highest BCUT2D eigenvalue weighted by molar-refractivity contribution is 5.45. The van der Waals surface area contributed by atoms with Crippen LogP contribution < -0.4 is 4.90 Å². The molecule has 2 aromatic rings. The average Bonchev–Trinajstić information content (AvgIpc) is 2.89. The second-order valence-corrected chi connectivity index (χ2v) is 5.47. The van der Waals surface area contributed by atoms with Crippen molar-refractivity contribution in [3.8, 4) is 0 Å². The molecule has 10 heteroatoms. The second kappa shape index (κ2) is 5.69. The molecular weight excluding hydrogens is 303 g/mol. The zero-order chi connectivity index (χ0) is 16.5. The Balaban J connectivity index is 2.36. The predicted molar refractivity (Wildman–Crippen MR) is 71.3 cm³/mol. The maximum absolute atomic E-state index is 12.8. The summed E-state index contributed by atoms with van der Waals surface area (Å²) in [6.07, 6.45) is -4.66. The molecule has 0 aliphatic rings. The van der Waals surface area contributed by atoms with Crippen LogP contribution in [0, 0.1) is 5.41 Å². The van der Waals surface area contributed by atoms with Crippen molar-refractivity contribution in [2.24, 2.45) is 5.41 Å². The monoisotopic (exact) mass is 319 g/mol. The van der Waals surface area contributed by atoms with Gasteiger partial charge in [0.05, 0.1) is 13.2 Å². The Kier molecular flexibility index (Phi) is 4.25. The quantitative estimate of drug-likeness (QED) is 0.838. The number of fused-ring (bicyclic) bond motifs is 1. The van der Waals surface area contributed by atoms with Crippen LogP contribution in [-0.2, 0) is 6.18 Å². The van der Waals surface area contributed by atoms with Gasteiger partial charge in [-0.15, -0.1) is 15.3 Å². The van der Waals surface area contributed by atoms with Gasteiger partial charge in [0, 0.05) is 19.0 Å². The van der Waals surface area contributed by atoms with Crippen molar-refractivity contribution >= 4 is 11.5 Å². The Bertz CT molecular complexity index is 654. The van der Waals surface area contributed by atoms with E-state index in [1.807, 2.05) is 0 Å². The largest absolute Gasteiger partial charge is 0.453 e. The lowest BCUT2D eigenvalue weighted by Crippen LogP contribution is -2.39. The predicted octanol–water partition coefficient (Wildman–Crippen LogP) is 0.570. The van der Waals surface area contributed by atoms with Crippen LogP contribution in [0.5, 0.6) is 0 Å². The number of nitrogens with zero attached hydrogens (tertiary/aromatic N) is 5. The molecule has 0 aliphatic heterocycles. The molecule has 0 fully saturated rings. The number of hydrogen-bond acceptors (Lipinski definition) is 6. The van der Waals surface area contributed by atoms with E-state index in [-0.39, 0.29) is 31.2 Å². The summed E-state index contributed by atoms with van der Waals surface area (Å²) in [7, 11) is 1.61. The summed E-state index contributed by atoms with van der Waals surface area (Å²) in [5.41, 5.74) is -0.817. The van der Waals surface area contributed by atoms with Crippen LogP contribution in [0.15, 0.2) is 12.1 Å². The summed E-state index contributed by atoms with van der Waals surface area (Å²) in [4.78, 5) is 1.55. The van der Waals surface area contributed by atoms with Crippen molar-refractivity contribution < 1.29 is 23.4 Å². The van der Waals surface area contributed by atoms with Crippen LogP contribution in [0.2, 0.25) is 0 Å². The van der Waals surface area contributed by atoms with Gasteiger partial charge in [-0.25, -0.2) is 0 Å². The van der Waals surface area contributed by atoms with Gasteiger partial charge in [0.25, 0.3) is 5.82 Å². The van der Waals surface area contributed by atoms with E-state index >= 15 is 0 Å². The third kappa shape index (κ3) is 3.12. The number of aliphatic hydroxyl groups excluding tert-OH is 2. The van der Waals surface area contributed by atoms with Gasteiger partial charge in [-0.05, 0) is 12.1 Å². The second-order valence-electron chi connectivity index (χ2n) is 5.47. The van der Waals surface area contributed by atoms with E-state index in [1.54, 1.807) is 18.9 Å². The van der Waals surface area contributed by atoms with Crippen molar-refractivity contribution in [3.05, 3.63) is 18.0 Å². The lowest BCUT2D eigenvalue weighted by Gasteiger charge is -2.30. The molecule has 2 aromatic heterocycles. The van der Waals surface area contributed by atoms with Gasteiger partial charge < -0.3 is 15.1 Å². The van der Waals surface area contributed by atoms with E-state index in [0.717, 1.165) is 0 Å². The van der Waals surface area contributed by atoms with Gasteiger partial charge in [0.2, 0.25) is 0 Å². The van der Waals surface area contributed by atoms with Crippen LogP contribution in [0.1, 0.15) is 12.7 Å². The van der Waals surface area contributed by atoms with Gasteiger partial charge in [-0.3, -0.25) is 0 Å². The molecule has 122 valence electrons. The number of aromatic nitrogens is 4. The Labute approximate surface area is 124 Å². The Hall–Kier alpha value is -1.94. The first-order valence-corrected chi connectivity index (χ1v) is 6.43. The van der Waals surface area contributed by atoms with E-state index in [4.69, 9.17) is 0 Å². The van der Waals surface area contributed by atoms with E-state index in [2.05, 4.69) is 15.3 Å². The lowest BCUT2D eigenvalue weighted by molar-refractivity contribution is -0.146. The van der Waals surface area contributed by atoms with Gasteiger partial charge >= 0.3 is 6.18 Å². The number of halogens is 3. The van der Waals surface area contributed by atoms with Gasteiger partial charge in [0.1, 0.15) is 5.82 Å². The van der Waals surface area contributed by atoms with Gasteiger partial charge in [0.15, 0.2) is 5.65 Å². The first-order valence-electron chi connectivity index (χ1n) is 6.43. The molecule has 7 nitrogen and oxygen atoms in total. The molecule has 0 saturated heterocycles. The fourth-order valence-electron chi connectivity index (χ4n) is 1.96. The van der Waals surface area contributed by atoms with E-state index in [0.29, 0.717) is 4.52 Å². The molecular formula is C12H16F3N5O2. The molecule has 0 amide bonds. The fraction of sp³-hybridized carbons (Fsp3) is 0.583. The SMILES string of the molecule is CN(CC(C)(CO)CO)c1ccc2nnc(C(F)(F)F)n2n1. The fourth-order valence-corrected chi connectivity index (χ4v) is 1.96. The number of alkyl halides is 3. The highest BCUT2D eigenvalue weighted by atomic mass is 19.4. The number of anilines is 1. The van der Waals surface area contributed by atoms with Crippen molar-refractivity contribution in [1.29, 1.82) is 0 Å². The van der Waals surface area contributed by atoms with E-state index in [1.165, 1.54) is 12.1 Å². The first-order chi connectivity index (χ1) is 10.2. The molecule has 0 saturated carbocycles. The number of hydrogen-bond donors (Lipinski definition) is 2. The molecule has 0 atom stereocenters. The third-order valence-corrected chi connectivity index (χ3v) is 3.28. The van der Waals surface area contributed by atoms with Crippen molar-refractivity contribution in [3.63, 3.8) is 0 Å². The summed E-state index contributed by atoms with van der Waals surface area (Å²) in [5, 5.41) is 29.0. The molecule has 22 heavy (non-hydrogen) atoms. The van der Waals surface area contributed by atoms with E-state index in [9.17, 15) is 23.4 Å². The van der Waals surface area contributed by atoms with Crippen LogP contribution in [-0.4, -0.2) is 56.8 Å². The third-order valence-electron chi connectivity index (χ3n) is 3.28. The van der Waals surface area contributed by atoms with Crippen LogP contribution in [0.4, 0.5) is 19.0 Å². The molecule has 0 radical (unpaired) electrons. The maximum atomic E-state index is 12.8. The summed E-state index contributed by atoms with van der Waals surface area (Å²) < 4.78 is 39.1. The molecule has 0 aromatic carbocycles. The molecule has 0 aliphatic carbocycles. The molecule has 2 heterocycles. The zero-order valence-electron chi connectivity index (χ0n) is 12.0. The normalized spacial score (nSPS) is 12.9. The van der Waals surface area contributed by atoms with Gasteiger partial charge in [-0.2, -0.15) is 17.7 Å². The maximum Gasteiger partial charge on any atom is 0.453 e. The summed E-state index contributed by atoms with van der Waals surface area (Å²) in [6.45, 7) is 1.33. The topological polar surface area (TPSA) is 86.8 Å². The minimum absolute atomic E-state index is 0.0171. The molecule has 0 unspecified atom stereocenters. The first kappa shape index (κ1) is 16.4. The molecule has 0 spiro atoms. The van der Waals surface area contributed by atoms with Crippen molar-refractivity contribution in [2.45, 2.75) is 13.1 Å². The minimum atomic E-state index is -4.66. The Morgan fingerprint density at radius 3 is 2.36 bits per heavy atom. The standard InChI is InChI=1S/C12H16F3N5O2/c1-11(6-21,7-22)5-19(2)9-4-3-8-16-17-10(12(13,14)15)20(8)18-9/h3-4,21-22H,5-7H2,1-2H3. The van der Waals surface area contributed by atoms with Gasteiger partial charge in [-0.1, -0.05) is 6.92 Å². The van der Waals surface area contributed by atoms with E-state index < -0.39 is 17.4 Å². The highest BCUT2D eigenvalue weighted by Gasteiger charge is 2.37. The van der Waals surface area contributed by atoms with Crippen LogP contribution >= 0.6 is 0 Å². The van der Waals surface area contributed by atoms with Crippen LogP contribution in [0.3, 0.4) is 0 Å². The summed E-state index contributed by atoms with van der Waals surface area (Å²) in [5.74, 6) is -0.962. The van der Waals surface area contributed by atoms with Crippen LogP contribution in [0.25, 0.3) is 5.65 Å². The Morgan fingerprint density at radius 2 is 1.82 bits per heavy atom. The smallest absolute Gasteiger partial charge is 0.396 e. The Morgan fingerprint density at radius 1 is 1.18 bits per heavy atom. The number of rotatable bonds is 5. The van der Waals surface area contributed by atoms with Crippen molar-refractivity contribution in [2.75, 3.05) is 31.7 Å². The summed E-state index contributed by atoms with van der Waals surface area (Å²) in [6, 6.07) is 2.87. The molecule has 2 N–H and O–H groups in total. The minimum Gasteiger partial charge on any atom is -0.396 e. The highest BCUT2D eigenvalue weighted by Crippen LogP contribution is 2.28. The molecule has 2 rings (SSSR count). The van der Waals surface area contributed by atoms with Crippen molar-refractivity contribution in [1.82, 2.24) is 19.8 Å². The zero-order valence-corrected chi connectivity index (χ0v) is 12.0. The average molecular weight is 319 g/mol. The number of aliphatic hydroxyl groups is 2.